The summed E-state index contributed by atoms with van der Waals surface area (Å²) in [5, 5.41) is 9.05. The first-order valence-corrected chi connectivity index (χ1v) is 13.9. The average Bonchev–Trinajstić information content (AvgIpc) is 2.89. The molecule has 0 saturated heterocycles. The lowest BCUT2D eigenvalue weighted by Gasteiger charge is -2.15. The van der Waals surface area contributed by atoms with Crippen molar-refractivity contribution in [2.75, 3.05) is 6.61 Å². The van der Waals surface area contributed by atoms with Gasteiger partial charge in [-0.3, -0.25) is 9.59 Å². The van der Waals surface area contributed by atoms with Crippen LogP contribution in [0.5, 0.6) is 0 Å². The van der Waals surface area contributed by atoms with Crippen molar-refractivity contribution in [1.29, 1.82) is 0 Å². The molecule has 0 atom stereocenters. The maximum Gasteiger partial charge on any atom is 0.343 e. The molecule has 0 aliphatic rings. The summed E-state index contributed by atoms with van der Waals surface area (Å²) in [5.74, 6) is -2.97. The number of halogens is 4. The van der Waals surface area contributed by atoms with Gasteiger partial charge < -0.3 is 19.0 Å². The first-order valence-electron chi connectivity index (χ1n) is 13.1. The number of esters is 1. The minimum atomic E-state index is -1.33. The summed E-state index contributed by atoms with van der Waals surface area (Å²) in [6.45, 7) is 10.8. The molecule has 0 aliphatic carbocycles. The van der Waals surface area contributed by atoms with Crippen LogP contribution in [0.2, 0.25) is 10.0 Å². The van der Waals surface area contributed by atoms with Crippen LogP contribution < -0.4 is 10.9 Å². The number of hydrogen-bond acceptors (Lipinski definition) is 5. The quantitative estimate of drug-likeness (QED) is 0.228. The number of pyridine rings is 2. The fraction of sp³-hybridized carbons (Fsp3) is 0.333. The number of nitrogens with zero attached hydrogens (tertiary/aromatic N) is 2. The van der Waals surface area contributed by atoms with Crippen LogP contribution in [0, 0.1) is 23.5 Å². The van der Waals surface area contributed by atoms with Crippen LogP contribution >= 0.6 is 23.2 Å². The Morgan fingerprint density at radius 1 is 0.810 bits per heavy atom. The van der Waals surface area contributed by atoms with Crippen LogP contribution in [0.4, 0.5) is 8.78 Å². The van der Waals surface area contributed by atoms with Gasteiger partial charge in [-0.15, -0.1) is 0 Å². The molecule has 0 amide bonds. The number of aromatic carboxylic acids is 1. The van der Waals surface area contributed by atoms with E-state index in [1.807, 2.05) is 27.7 Å². The Morgan fingerprint density at radius 3 is 1.60 bits per heavy atom. The Bertz CT molecular complexity index is 1800. The Labute approximate surface area is 250 Å². The van der Waals surface area contributed by atoms with Crippen LogP contribution in [0.3, 0.4) is 0 Å². The molecule has 8 nitrogen and oxygen atoms in total. The summed E-state index contributed by atoms with van der Waals surface area (Å²) in [5.41, 5.74) is -0.804. The van der Waals surface area contributed by atoms with E-state index < -0.39 is 34.4 Å². The van der Waals surface area contributed by atoms with E-state index in [2.05, 4.69) is 0 Å². The number of fused-ring (bicyclic) bond motifs is 2. The Morgan fingerprint density at radius 2 is 1.21 bits per heavy atom. The predicted molar refractivity (Wildman–Crippen MR) is 159 cm³/mol. The summed E-state index contributed by atoms with van der Waals surface area (Å²) in [4.78, 5) is 47.6. The number of ether oxygens (including phenoxy) is 1. The van der Waals surface area contributed by atoms with Crippen molar-refractivity contribution in [2.45, 2.75) is 47.7 Å². The minimum Gasteiger partial charge on any atom is -0.477 e. The van der Waals surface area contributed by atoms with Gasteiger partial charge in [0.15, 0.2) is 0 Å². The summed E-state index contributed by atoms with van der Waals surface area (Å²) in [7, 11) is 0. The summed E-state index contributed by atoms with van der Waals surface area (Å²) in [6.07, 6.45) is 2.73. The van der Waals surface area contributed by atoms with E-state index in [0.29, 0.717) is 24.1 Å². The second-order valence-electron chi connectivity index (χ2n) is 10.4. The third-order valence-corrected chi connectivity index (χ3v) is 6.67. The van der Waals surface area contributed by atoms with E-state index in [1.54, 1.807) is 16.1 Å². The second-order valence-corrected chi connectivity index (χ2v) is 11.2. The van der Waals surface area contributed by atoms with E-state index >= 15 is 0 Å². The van der Waals surface area contributed by atoms with Gasteiger partial charge >= 0.3 is 11.9 Å². The fourth-order valence-corrected chi connectivity index (χ4v) is 4.68. The van der Waals surface area contributed by atoms with E-state index in [1.165, 1.54) is 24.5 Å². The zero-order valence-corrected chi connectivity index (χ0v) is 25.1. The number of benzene rings is 2. The van der Waals surface area contributed by atoms with Crippen LogP contribution in [-0.4, -0.2) is 32.8 Å². The van der Waals surface area contributed by atoms with Crippen LogP contribution in [0.25, 0.3) is 21.8 Å². The SMILES string of the molecule is CC(C)Cn1cc(C(=O)O)c(=O)c2cc(F)c(Cl)cc21.CCOC(=O)c1cn(CC(C)C)c2cc(Cl)c(F)cc2c1=O. The third kappa shape index (κ3) is 7.17. The van der Waals surface area contributed by atoms with Crippen molar-refractivity contribution in [3.8, 4) is 0 Å². The lowest BCUT2D eigenvalue weighted by molar-refractivity contribution is 0.0523. The number of hydrogen-bond donors (Lipinski definition) is 1. The van der Waals surface area contributed by atoms with Gasteiger partial charge in [-0.05, 0) is 43.0 Å². The van der Waals surface area contributed by atoms with Crippen LogP contribution in [-0.2, 0) is 17.8 Å². The topological polar surface area (TPSA) is 108 Å². The molecule has 0 spiro atoms. The maximum atomic E-state index is 13.7. The van der Waals surface area contributed by atoms with Gasteiger partial charge in [0.1, 0.15) is 22.8 Å². The molecule has 0 aliphatic heterocycles. The van der Waals surface area contributed by atoms with Crippen LogP contribution in [0.15, 0.2) is 46.2 Å². The maximum absolute atomic E-state index is 13.7. The minimum absolute atomic E-state index is 0.0208. The number of carboxylic acid groups (broad SMARTS) is 1. The molecule has 4 rings (SSSR count). The fourth-order valence-electron chi connectivity index (χ4n) is 4.37. The molecule has 12 heteroatoms. The monoisotopic (exact) mass is 622 g/mol. The van der Waals surface area contributed by atoms with Gasteiger partial charge in [0.05, 0.1) is 27.7 Å². The van der Waals surface area contributed by atoms with Crippen LogP contribution in [0.1, 0.15) is 55.3 Å². The molecule has 4 aromatic rings. The Kier molecular flexibility index (Phi) is 10.5. The first-order chi connectivity index (χ1) is 19.7. The summed E-state index contributed by atoms with van der Waals surface area (Å²) in [6, 6.07) is 4.81. The Hall–Kier alpha value is -3.76. The van der Waals surface area contributed by atoms with Crippen molar-refractivity contribution >= 4 is 56.9 Å². The van der Waals surface area contributed by atoms with E-state index in [0.717, 1.165) is 12.1 Å². The predicted octanol–water partition coefficient (Wildman–Crippen LogP) is 6.77. The second kappa shape index (κ2) is 13.5. The number of carbonyl (C=O) groups is 2. The summed E-state index contributed by atoms with van der Waals surface area (Å²) < 4.78 is 35.5. The third-order valence-electron chi connectivity index (χ3n) is 6.09. The van der Waals surface area contributed by atoms with Crippen molar-refractivity contribution in [3.63, 3.8) is 0 Å². The van der Waals surface area contributed by atoms with Gasteiger partial charge in [0.2, 0.25) is 10.9 Å². The van der Waals surface area contributed by atoms with E-state index in [4.69, 9.17) is 33.0 Å². The van der Waals surface area contributed by atoms with E-state index in [9.17, 15) is 28.0 Å². The molecule has 2 aromatic heterocycles. The standard InChI is InChI=1S/C16H17ClFNO3.C14H13ClFNO3/c1-4-22-16(21)11-8-19(7-9(2)3)14-6-12(17)13(18)5-10(14)15(11)20;1-7(2)5-17-6-9(14(19)20)13(18)8-3-11(16)10(15)4-12(8)17/h5-6,8-9H,4,7H2,1-3H3;3-4,6-7H,5H2,1-2H3,(H,19,20). The molecule has 1 N–H and O–H groups in total. The molecule has 2 aromatic carbocycles. The van der Waals surface area contributed by atoms with Crippen molar-refractivity contribution < 1.29 is 28.2 Å². The van der Waals surface area contributed by atoms with Crippen molar-refractivity contribution in [3.05, 3.63) is 89.9 Å². The molecule has 0 radical (unpaired) electrons. The number of aromatic nitrogens is 2. The van der Waals surface area contributed by atoms with Gasteiger partial charge in [-0.2, -0.15) is 0 Å². The number of carboxylic acids is 1. The van der Waals surface area contributed by atoms with Gasteiger partial charge in [-0.25, -0.2) is 18.4 Å². The zero-order chi connectivity index (χ0) is 31.5. The molecule has 224 valence electrons. The lowest BCUT2D eigenvalue weighted by atomic mass is 10.1. The molecule has 2 heterocycles. The molecule has 0 saturated carbocycles. The molecular formula is C30H30Cl2F2N2O6. The smallest absolute Gasteiger partial charge is 0.343 e. The highest BCUT2D eigenvalue weighted by Crippen LogP contribution is 2.24. The van der Waals surface area contributed by atoms with Crippen molar-refractivity contribution in [1.82, 2.24) is 9.13 Å². The highest BCUT2D eigenvalue weighted by atomic mass is 35.5. The normalized spacial score (nSPS) is 11.2. The van der Waals surface area contributed by atoms with Gasteiger partial charge in [0.25, 0.3) is 0 Å². The molecular weight excluding hydrogens is 593 g/mol. The van der Waals surface area contributed by atoms with Gasteiger partial charge in [-0.1, -0.05) is 50.9 Å². The highest BCUT2D eigenvalue weighted by molar-refractivity contribution is 6.31. The molecule has 42 heavy (non-hydrogen) atoms. The zero-order valence-electron chi connectivity index (χ0n) is 23.6. The highest BCUT2D eigenvalue weighted by Gasteiger charge is 2.19. The number of carbonyl (C=O) groups excluding carboxylic acids is 1. The molecule has 0 fully saturated rings. The largest absolute Gasteiger partial charge is 0.477 e. The Balaban J connectivity index is 0.000000231. The number of rotatable bonds is 7. The van der Waals surface area contributed by atoms with Gasteiger partial charge in [0, 0.05) is 36.3 Å². The average molecular weight is 623 g/mol. The van der Waals surface area contributed by atoms with E-state index in [-0.39, 0.29) is 50.4 Å². The summed E-state index contributed by atoms with van der Waals surface area (Å²) >= 11 is 11.6. The lowest BCUT2D eigenvalue weighted by Crippen LogP contribution is -2.22. The first kappa shape index (κ1) is 32.8. The molecule has 0 bridgehead atoms. The van der Waals surface area contributed by atoms with Crippen molar-refractivity contribution in [2.24, 2.45) is 11.8 Å². The molecule has 0 unspecified atom stereocenters.